The van der Waals surface area contributed by atoms with E-state index in [-0.39, 0.29) is 0 Å². The summed E-state index contributed by atoms with van der Waals surface area (Å²) in [6.45, 7) is 3.19. The van der Waals surface area contributed by atoms with Gasteiger partial charge in [-0.25, -0.2) is 0 Å². The number of hydrogen-bond acceptors (Lipinski definition) is 1. The van der Waals surface area contributed by atoms with Gasteiger partial charge in [0.05, 0.1) is 0 Å². The Bertz CT molecular complexity index is 369. The molecule has 18 heavy (non-hydrogen) atoms. The normalized spacial score (nSPS) is 12.8. The number of halogens is 5. The van der Waals surface area contributed by atoms with Gasteiger partial charge in [-0.05, 0) is 18.5 Å². The Balaban J connectivity index is 2.77. The third-order valence-electron chi connectivity index (χ3n) is 2.43. The molecule has 0 fully saturated rings. The molecule has 0 saturated carbocycles. The fourth-order valence-corrected chi connectivity index (χ4v) is 1.41. The van der Waals surface area contributed by atoms with Crippen molar-refractivity contribution in [3.63, 3.8) is 0 Å². The summed E-state index contributed by atoms with van der Waals surface area (Å²) < 4.78 is 62.2. The van der Waals surface area contributed by atoms with Crippen LogP contribution in [0.5, 0.6) is 0 Å². The van der Waals surface area contributed by atoms with Crippen molar-refractivity contribution in [2.45, 2.75) is 32.0 Å². The molecule has 1 rings (SSSR count). The lowest BCUT2D eigenvalue weighted by Gasteiger charge is -2.20. The molecule has 0 atom stereocenters. The van der Waals surface area contributed by atoms with Crippen molar-refractivity contribution in [2.24, 2.45) is 0 Å². The summed E-state index contributed by atoms with van der Waals surface area (Å²) in [5.74, 6) is -4.80. The summed E-state index contributed by atoms with van der Waals surface area (Å²) in [4.78, 5) is 0. The molecule has 1 N–H and O–H groups in total. The molecule has 6 heteroatoms. The summed E-state index contributed by atoms with van der Waals surface area (Å²) in [7, 11) is 0. The van der Waals surface area contributed by atoms with Crippen LogP contribution >= 0.6 is 0 Å². The molecule has 102 valence electrons. The minimum Gasteiger partial charge on any atom is -0.313 e. The first-order chi connectivity index (χ1) is 8.29. The van der Waals surface area contributed by atoms with E-state index in [1.165, 1.54) is 12.1 Å². The van der Waals surface area contributed by atoms with Gasteiger partial charge in [-0.1, -0.05) is 31.2 Å². The van der Waals surface area contributed by atoms with Gasteiger partial charge in [0.1, 0.15) is 0 Å². The van der Waals surface area contributed by atoms with Crippen LogP contribution in [0.4, 0.5) is 22.0 Å². The summed E-state index contributed by atoms with van der Waals surface area (Å²) in [5.41, 5.74) is -0.362. The Morgan fingerprint density at radius 2 is 1.56 bits per heavy atom. The molecule has 1 nitrogen and oxygen atoms in total. The predicted molar refractivity (Wildman–Crippen MR) is 58.4 cm³/mol. The molecule has 0 aromatic heterocycles. The smallest absolute Gasteiger partial charge is 0.313 e. The topological polar surface area (TPSA) is 12.0 Å². The highest BCUT2D eigenvalue weighted by Gasteiger charge is 2.58. The monoisotopic (exact) mass is 267 g/mol. The van der Waals surface area contributed by atoms with Gasteiger partial charge in [0, 0.05) is 12.1 Å². The van der Waals surface area contributed by atoms with Crippen LogP contribution in [0.15, 0.2) is 24.3 Å². The maximum atomic E-state index is 13.0. The third-order valence-corrected chi connectivity index (χ3v) is 2.43. The fraction of sp³-hybridized carbons (Fsp3) is 0.500. The SMILES string of the molecule is CCCNCc1ccc(C(F)(F)C(F)(F)F)cc1. The highest BCUT2D eigenvalue weighted by molar-refractivity contribution is 5.26. The summed E-state index contributed by atoms with van der Waals surface area (Å²) in [6, 6.07) is 4.18. The van der Waals surface area contributed by atoms with Crippen LogP contribution in [0, 0.1) is 0 Å². The Labute approximate surface area is 102 Å². The first kappa shape index (κ1) is 14.9. The molecule has 0 aliphatic rings. The van der Waals surface area contributed by atoms with Crippen LogP contribution in [0.2, 0.25) is 0 Å². The molecule has 1 aromatic rings. The highest BCUT2D eigenvalue weighted by Crippen LogP contribution is 2.43. The molecule has 0 unspecified atom stereocenters. The molecule has 0 aliphatic heterocycles. The van der Waals surface area contributed by atoms with Crippen molar-refractivity contribution in [3.8, 4) is 0 Å². The van der Waals surface area contributed by atoms with Crippen molar-refractivity contribution < 1.29 is 22.0 Å². The van der Waals surface area contributed by atoms with Crippen molar-refractivity contribution in [1.29, 1.82) is 0 Å². The van der Waals surface area contributed by atoms with E-state index in [0.29, 0.717) is 12.1 Å². The number of benzene rings is 1. The van der Waals surface area contributed by atoms with Crippen LogP contribution in [0.25, 0.3) is 0 Å². The lowest BCUT2D eigenvalue weighted by Crippen LogP contribution is -2.33. The molecule has 0 bridgehead atoms. The third kappa shape index (κ3) is 3.41. The van der Waals surface area contributed by atoms with Crippen LogP contribution in [0.1, 0.15) is 24.5 Å². The number of rotatable bonds is 5. The van der Waals surface area contributed by atoms with E-state index in [2.05, 4.69) is 5.32 Å². The van der Waals surface area contributed by atoms with E-state index in [4.69, 9.17) is 0 Å². The lowest BCUT2D eigenvalue weighted by molar-refractivity contribution is -0.289. The van der Waals surface area contributed by atoms with Gasteiger partial charge in [-0.2, -0.15) is 22.0 Å². The quantitative estimate of drug-likeness (QED) is 0.631. The average molecular weight is 267 g/mol. The van der Waals surface area contributed by atoms with E-state index >= 15 is 0 Å². The van der Waals surface area contributed by atoms with Gasteiger partial charge in [-0.15, -0.1) is 0 Å². The van der Waals surface area contributed by atoms with E-state index in [1.54, 1.807) is 0 Å². The number of alkyl halides is 5. The molecule has 0 saturated heterocycles. The summed E-state index contributed by atoms with van der Waals surface area (Å²) >= 11 is 0. The predicted octanol–water partition coefficient (Wildman–Crippen LogP) is 3.84. The van der Waals surface area contributed by atoms with Crippen molar-refractivity contribution >= 4 is 0 Å². The first-order valence-corrected chi connectivity index (χ1v) is 5.53. The van der Waals surface area contributed by atoms with Gasteiger partial charge < -0.3 is 5.32 Å². The van der Waals surface area contributed by atoms with Crippen molar-refractivity contribution in [2.75, 3.05) is 6.54 Å². The maximum Gasteiger partial charge on any atom is 0.458 e. The Morgan fingerprint density at radius 1 is 1.00 bits per heavy atom. The van der Waals surface area contributed by atoms with Crippen LogP contribution in [-0.4, -0.2) is 12.7 Å². The zero-order valence-corrected chi connectivity index (χ0v) is 9.82. The molecule has 0 radical (unpaired) electrons. The molecule has 0 heterocycles. The second-order valence-electron chi connectivity index (χ2n) is 3.95. The van der Waals surface area contributed by atoms with Crippen molar-refractivity contribution in [3.05, 3.63) is 35.4 Å². The zero-order valence-electron chi connectivity index (χ0n) is 9.82. The standard InChI is InChI=1S/C12H14F5N/c1-2-7-18-8-9-3-5-10(6-4-9)11(13,14)12(15,16)17/h3-6,18H,2,7-8H2,1H3. The van der Waals surface area contributed by atoms with Crippen molar-refractivity contribution in [1.82, 2.24) is 5.32 Å². The van der Waals surface area contributed by atoms with Crippen LogP contribution in [-0.2, 0) is 12.5 Å². The van der Waals surface area contributed by atoms with Gasteiger partial charge in [-0.3, -0.25) is 0 Å². The fourth-order valence-electron chi connectivity index (χ4n) is 1.41. The van der Waals surface area contributed by atoms with E-state index in [9.17, 15) is 22.0 Å². The van der Waals surface area contributed by atoms with Gasteiger partial charge in [0.15, 0.2) is 0 Å². The number of nitrogens with one attached hydrogen (secondary N) is 1. The number of hydrogen-bond donors (Lipinski definition) is 1. The molecule has 0 amide bonds. The zero-order chi connectivity index (χ0) is 13.8. The minimum atomic E-state index is -5.56. The van der Waals surface area contributed by atoms with E-state index < -0.39 is 17.7 Å². The first-order valence-electron chi connectivity index (χ1n) is 5.53. The van der Waals surface area contributed by atoms with Gasteiger partial charge in [0.2, 0.25) is 0 Å². The maximum absolute atomic E-state index is 13.0. The van der Waals surface area contributed by atoms with Gasteiger partial charge in [0.25, 0.3) is 0 Å². The van der Waals surface area contributed by atoms with Crippen LogP contribution in [0.3, 0.4) is 0 Å². The second-order valence-corrected chi connectivity index (χ2v) is 3.95. The molecule has 1 aromatic carbocycles. The van der Waals surface area contributed by atoms with Crippen LogP contribution < -0.4 is 5.32 Å². The molecular formula is C12H14F5N. The Morgan fingerprint density at radius 3 is 2.00 bits per heavy atom. The minimum absolute atomic E-state index is 0.450. The molecule has 0 spiro atoms. The average Bonchev–Trinajstić information content (AvgIpc) is 2.28. The Kier molecular flexibility index (Phi) is 4.67. The largest absolute Gasteiger partial charge is 0.458 e. The van der Waals surface area contributed by atoms with Gasteiger partial charge >= 0.3 is 12.1 Å². The molecule has 0 aliphatic carbocycles. The lowest BCUT2D eigenvalue weighted by atomic mass is 10.1. The Hall–Kier alpha value is -1.17. The van der Waals surface area contributed by atoms with E-state index in [1.807, 2.05) is 6.92 Å². The highest BCUT2D eigenvalue weighted by atomic mass is 19.4. The summed E-state index contributed by atoms with van der Waals surface area (Å²) in [6.07, 6.45) is -4.64. The summed E-state index contributed by atoms with van der Waals surface area (Å²) in [5, 5.41) is 3.03. The molecular weight excluding hydrogens is 253 g/mol. The second kappa shape index (κ2) is 5.65. The van der Waals surface area contributed by atoms with E-state index in [0.717, 1.165) is 25.1 Å².